The molecule has 1 heterocycles. The third-order valence-corrected chi connectivity index (χ3v) is 3.94. The molecule has 0 aliphatic carbocycles. The van der Waals surface area contributed by atoms with Crippen LogP contribution in [0.2, 0.25) is 0 Å². The van der Waals surface area contributed by atoms with Gasteiger partial charge in [0.05, 0.1) is 0 Å². The van der Waals surface area contributed by atoms with Crippen LogP contribution in [0.4, 0.5) is 0 Å². The van der Waals surface area contributed by atoms with Crippen molar-refractivity contribution >= 4 is 29.8 Å². The minimum absolute atomic E-state index is 0.0683. The van der Waals surface area contributed by atoms with Crippen molar-refractivity contribution in [3.05, 3.63) is 0 Å². The quantitative estimate of drug-likeness (QED) is 0.416. The fraction of sp³-hybridized carbons (Fsp3) is 0.722. The Morgan fingerprint density at radius 3 is 1.45 bits per heavy atom. The van der Waals surface area contributed by atoms with Crippen LogP contribution in [0, 0.1) is 0 Å². The SMILES string of the molecule is CCC(=O)OC1O[C@H](C(=O)O)[C@@H](OC(=O)CC)[C@H](OC(=O)CC)[C@H]1OC(=O)CC. The molecular weight excluding hydrogens is 392 g/mol. The van der Waals surface area contributed by atoms with Crippen molar-refractivity contribution in [2.45, 2.75) is 84.1 Å². The van der Waals surface area contributed by atoms with Gasteiger partial charge in [-0.15, -0.1) is 0 Å². The standard InChI is InChI=1S/C18H26O11/c1-5-9(19)25-13-14(26-10(20)6-2)16(27-11(21)7-3)18(28-12(22)8-4)29-15(13)17(23)24/h13-16,18H,5-8H2,1-4H3,(H,23,24)/t13-,14-,15-,16+,18?/m0/s1. The van der Waals surface area contributed by atoms with Gasteiger partial charge in [-0.3, -0.25) is 19.2 Å². The summed E-state index contributed by atoms with van der Waals surface area (Å²) < 4.78 is 26.0. The van der Waals surface area contributed by atoms with Crippen LogP contribution in [0.25, 0.3) is 0 Å². The van der Waals surface area contributed by atoms with Crippen molar-refractivity contribution in [2.75, 3.05) is 0 Å². The van der Waals surface area contributed by atoms with E-state index in [4.69, 9.17) is 23.7 Å². The highest BCUT2D eigenvalue weighted by atomic mass is 16.7. The number of ether oxygens (including phenoxy) is 5. The zero-order chi connectivity index (χ0) is 22.1. The maximum atomic E-state index is 11.9. The van der Waals surface area contributed by atoms with Gasteiger partial charge in [-0.1, -0.05) is 27.7 Å². The molecule has 11 heteroatoms. The summed E-state index contributed by atoms with van der Waals surface area (Å²) in [5, 5.41) is 9.52. The van der Waals surface area contributed by atoms with E-state index in [1.807, 2.05) is 0 Å². The number of carbonyl (C=O) groups is 5. The largest absolute Gasteiger partial charge is 0.479 e. The molecule has 1 N–H and O–H groups in total. The number of hydrogen-bond acceptors (Lipinski definition) is 10. The summed E-state index contributed by atoms with van der Waals surface area (Å²) >= 11 is 0. The van der Waals surface area contributed by atoms with Crippen molar-refractivity contribution in [3.8, 4) is 0 Å². The van der Waals surface area contributed by atoms with E-state index in [0.717, 1.165) is 0 Å². The number of carboxylic acids is 1. The first-order valence-corrected chi connectivity index (χ1v) is 9.34. The molecule has 0 bridgehead atoms. The predicted octanol–water partition coefficient (Wildman–Crippen LogP) is 0.715. The van der Waals surface area contributed by atoms with Gasteiger partial charge in [0.2, 0.25) is 12.4 Å². The second-order valence-electron chi connectivity index (χ2n) is 6.03. The number of rotatable bonds is 9. The lowest BCUT2D eigenvalue weighted by atomic mass is 9.97. The summed E-state index contributed by atoms with van der Waals surface area (Å²) in [6, 6.07) is 0. The van der Waals surface area contributed by atoms with Crippen molar-refractivity contribution in [1.29, 1.82) is 0 Å². The van der Waals surface area contributed by atoms with Crippen molar-refractivity contribution in [3.63, 3.8) is 0 Å². The van der Waals surface area contributed by atoms with Crippen LogP contribution in [-0.2, 0) is 47.7 Å². The van der Waals surface area contributed by atoms with E-state index in [-0.39, 0.29) is 25.7 Å². The van der Waals surface area contributed by atoms with E-state index in [1.54, 1.807) is 0 Å². The molecule has 0 radical (unpaired) electrons. The van der Waals surface area contributed by atoms with Gasteiger partial charge in [0, 0.05) is 25.7 Å². The summed E-state index contributed by atoms with van der Waals surface area (Å²) in [5.41, 5.74) is 0. The fourth-order valence-electron chi connectivity index (χ4n) is 2.41. The molecule has 1 aliphatic heterocycles. The predicted molar refractivity (Wildman–Crippen MR) is 93.2 cm³/mol. The lowest BCUT2D eigenvalue weighted by Gasteiger charge is -2.42. The molecule has 0 spiro atoms. The molecule has 1 rings (SSSR count). The second-order valence-corrected chi connectivity index (χ2v) is 6.03. The molecule has 0 saturated carbocycles. The maximum Gasteiger partial charge on any atom is 0.337 e. The first-order valence-electron chi connectivity index (χ1n) is 9.34. The van der Waals surface area contributed by atoms with Crippen molar-refractivity contribution < 1.29 is 52.8 Å². The normalized spacial score (nSPS) is 26.1. The molecular formula is C18H26O11. The molecule has 0 aromatic heterocycles. The third kappa shape index (κ3) is 6.70. The van der Waals surface area contributed by atoms with Gasteiger partial charge in [-0.2, -0.15) is 0 Å². The Morgan fingerprint density at radius 2 is 1.03 bits per heavy atom. The van der Waals surface area contributed by atoms with Gasteiger partial charge in [0.15, 0.2) is 18.3 Å². The summed E-state index contributed by atoms with van der Waals surface area (Å²) in [6.45, 7) is 5.97. The number of carboxylic acid groups (broad SMARTS) is 1. The van der Waals surface area contributed by atoms with Gasteiger partial charge in [-0.25, -0.2) is 4.79 Å². The Morgan fingerprint density at radius 1 is 0.655 bits per heavy atom. The fourth-order valence-corrected chi connectivity index (χ4v) is 2.41. The first kappa shape index (κ1) is 24.3. The number of aliphatic carboxylic acids is 1. The Labute approximate surface area is 167 Å². The summed E-state index contributed by atoms with van der Waals surface area (Å²) in [7, 11) is 0. The lowest BCUT2D eigenvalue weighted by Crippen LogP contribution is -2.64. The Bertz CT molecular complexity index is 629. The molecule has 164 valence electrons. The smallest absolute Gasteiger partial charge is 0.337 e. The van der Waals surface area contributed by atoms with E-state index in [9.17, 15) is 29.1 Å². The minimum Gasteiger partial charge on any atom is -0.479 e. The molecule has 1 saturated heterocycles. The van der Waals surface area contributed by atoms with Crippen LogP contribution in [0.15, 0.2) is 0 Å². The van der Waals surface area contributed by atoms with E-state index < -0.39 is 60.6 Å². The van der Waals surface area contributed by atoms with Gasteiger partial charge in [-0.05, 0) is 0 Å². The van der Waals surface area contributed by atoms with Crippen LogP contribution >= 0.6 is 0 Å². The Kier molecular flexibility index (Phi) is 9.53. The second kappa shape index (κ2) is 11.3. The molecule has 1 aliphatic rings. The average molecular weight is 418 g/mol. The van der Waals surface area contributed by atoms with Gasteiger partial charge in [0.25, 0.3) is 0 Å². The van der Waals surface area contributed by atoms with Gasteiger partial charge in [0.1, 0.15) is 0 Å². The number of esters is 4. The van der Waals surface area contributed by atoms with E-state index in [2.05, 4.69) is 0 Å². The lowest BCUT2D eigenvalue weighted by molar-refractivity contribution is -0.294. The maximum absolute atomic E-state index is 11.9. The third-order valence-electron chi connectivity index (χ3n) is 3.94. The molecule has 0 aromatic carbocycles. The first-order chi connectivity index (χ1) is 13.7. The summed E-state index contributed by atoms with van der Waals surface area (Å²) in [6.07, 6.45) is -8.53. The Balaban J connectivity index is 3.41. The average Bonchev–Trinajstić information content (AvgIpc) is 2.70. The highest BCUT2D eigenvalue weighted by Crippen LogP contribution is 2.30. The van der Waals surface area contributed by atoms with Gasteiger partial charge < -0.3 is 28.8 Å². The van der Waals surface area contributed by atoms with E-state index >= 15 is 0 Å². The van der Waals surface area contributed by atoms with Crippen LogP contribution < -0.4 is 0 Å². The minimum atomic E-state index is -1.83. The molecule has 0 amide bonds. The van der Waals surface area contributed by atoms with E-state index in [0.29, 0.717) is 0 Å². The molecule has 5 atom stereocenters. The molecule has 29 heavy (non-hydrogen) atoms. The topological polar surface area (TPSA) is 152 Å². The Hall–Kier alpha value is -2.69. The van der Waals surface area contributed by atoms with Crippen LogP contribution in [-0.4, -0.2) is 65.7 Å². The summed E-state index contributed by atoms with van der Waals surface area (Å²) in [5.74, 6) is -4.61. The molecule has 0 aromatic rings. The van der Waals surface area contributed by atoms with Crippen LogP contribution in [0.3, 0.4) is 0 Å². The highest BCUT2D eigenvalue weighted by Gasteiger charge is 2.56. The van der Waals surface area contributed by atoms with Crippen LogP contribution in [0.1, 0.15) is 53.4 Å². The zero-order valence-electron chi connectivity index (χ0n) is 16.7. The highest BCUT2D eigenvalue weighted by molar-refractivity contribution is 5.76. The summed E-state index contributed by atoms with van der Waals surface area (Å²) in [4.78, 5) is 59.2. The van der Waals surface area contributed by atoms with Crippen molar-refractivity contribution in [2.24, 2.45) is 0 Å². The van der Waals surface area contributed by atoms with Gasteiger partial charge >= 0.3 is 29.8 Å². The van der Waals surface area contributed by atoms with E-state index in [1.165, 1.54) is 27.7 Å². The van der Waals surface area contributed by atoms with Crippen molar-refractivity contribution in [1.82, 2.24) is 0 Å². The number of hydrogen-bond donors (Lipinski definition) is 1. The molecule has 1 fully saturated rings. The zero-order valence-corrected chi connectivity index (χ0v) is 16.7. The molecule has 11 nitrogen and oxygen atoms in total. The van der Waals surface area contributed by atoms with Crippen LogP contribution in [0.5, 0.6) is 0 Å². The number of carbonyl (C=O) groups excluding carboxylic acids is 4. The monoisotopic (exact) mass is 418 g/mol. The molecule has 1 unspecified atom stereocenters.